The molecule has 3 rings (SSSR count). The molecule has 2 atom stereocenters. The first-order valence-corrected chi connectivity index (χ1v) is 7.77. The van der Waals surface area contributed by atoms with Gasteiger partial charge in [0.2, 0.25) is 0 Å². The molecule has 0 aliphatic heterocycles. The van der Waals surface area contributed by atoms with Crippen molar-refractivity contribution in [1.29, 1.82) is 0 Å². The summed E-state index contributed by atoms with van der Waals surface area (Å²) in [6, 6.07) is 14.1. The van der Waals surface area contributed by atoms with Crippen LogP contribution < -0.4 is 5.73 Å². The van der Waals surface area contributed by atoms with Crippen LogP contribution in [-0.4, -0.2) is 6.04 Å². The Labute approximate surface area is 126 Å². The molecule has 0 radical (unpaired) electrons. The molecule has 0 bridgehead atoms. The Kier molecular flexibility index (Phi) is 4.07. The van der Waals surface area contributed by atoms with Gasteiger partial charge >= 0.3 is 0 Å². The van der Waals surface area contributed by atoms with Crippen LogP contribution in [0.3, 0.4) is 0 Å². The molecule has 2 heteroatoms. The number of hydrogen-bond acceptors (Lipinski definition) is 1. The largest absolute Gasteiger partial charge is 0.328 e. The minimum absolute atomic E-state index is 0.134. The maximum Gasteiger partial charge on any atom is 0.123 e. The van der Waals surface area contributed by atoms with E-state index in [0.717, 1.165) is 31.2 Å². The fraction of sp³-hybridized carbons (Fsp3) is 0.368. The lowest BCUT2D eigenvalue weighted by Gasteiger charge is -2.21. The van der Waals surface area contributed by atoms with Crippen LogP contribution in [0.2, 0.25) is 0 Å². The summed E-state index contributed by atoms with van der Waals surface area (Å²) in [7, 11) is 0. The van der Waals surface area contributed by atoms with Crippen molar-refractivity contribution in [3.63, 3.8) is 0 Å². The van der Waals surface area contributed by atoms with Crippen molar-refractivity contribution < 1.29 is 4.39 Å². The second kappa shape index (κ2) is 5.98. The molecule has 0 aromatic heterocycles. The van der Waals surface area contributed by atoms with Crippen molar-refractivity contribution in [2.24, 2.45) is 5.73 Å². The van der Waals surface area contributed by atoms with Crippen molar-refractivity contribution in [1.82, 2.24) is 0 Å². The molecule has 0 fully saturated rings. The second-order valence-corrected chi connectivity index (χ2v) is 6.15. The zero-order valence-corrected chi connectivity index (χ0v) is 12.5. The highest BCUT2D eigenvalue weighted by Gasteiger charge is 2.23. The van der Waals surface area contributed by atoms with Crippen molar-refractivity contribution in [3.8, 4) is 0 Å². The molecule has 0 saturated heterocycles. The highest BCUT2D eigenvalue weighted by molar-refractivity contribution is 5.45. The number of hydrogen-bond donors (Lipinski definition) is 1. The summed E-state index contributed by atoms with van der Waals surface area (Å²) in [5.74, 6) is 0.205. The molecule has 110 valence electrons. The summed E-state index contributed by atoms with van der Waals surface area (Å²) in [6.07, 6.45) is 3.91. The van der Waals surface area contributed by atoms with Gasteiger partial charge in [0.05, 0.1) is 0 Å². The summed E-state index contributed by atoms with van der Waals surface area (Å²) in [6.45, 7) is 2.05. The number of fused-ring (bicyclic) bond motifs is 2. The molecule has 1 nitrogen and oxygen atoms in total. The average Bonchev–Trinajstić information content (AvgIpc) is 2.62. The fourth-order valence-electron chi connectivity index (χ4n) is 3.41. The number of aryl methyl sites for hydroxylation is 2. The third-order valence-corrected chi connectivity index (χ3v) is 4.49. The minimum atomic E-state index is -0.134. The predicted octanol–water partition coefficient (Wildman–Crippen LogP) is 4.18. The van der Waals surface area contributed by atoms with E-state index in [-0.39, 0.29) is 11.9 Å². The molecule has 0 heterocycles. The summed E-state index contributed by atoms with van der Waals surface area (Å²) in [5.41, 5.74) is 11.2. The monoisotopic (exact) mass is 283 g/mol. The van der Waals surface area contributed by atoms with Crippen molar-refractivity contribution in [2.45, 2.75) is 44.6 Å². The summed E-state index contributed by atoms with van der Waals surface area (Å²) in [5, 5.41) is 0. The number of benzene rings is 2. The van der Waals surface area contributed by atoms with Crippen LogP contribution in [-0.2, 0) is 12.8 Å². The van der Waals surface area contributed by atoms with Crippen LogP contribution in [0.5, 0.6) is 0 Å². The van der Waals surface area contributed by atoms with E-state index in [9.17, 15) is 4.39 Å². The molecule has 2 aromatic rings. The summed E-state index contributed by atoms with van der Waals surface area (Å²) in [4.78, 5) is 0. The summed E-state index contributed by atoms with van der Waals surface area (Å²) >= 11 is 0. The molecule has 0 saturated carbocycles. The molecule has 0 amide bonds. The Balaban J connectivity index is 2.06. The molecule has 1 aliphatic carbocycles. The van der Waals surface area contributed by atoms with Gasteiger partial charge in [-0.15, -0.1) is 0 Å². The molecule has 2 aromatic carbocycles. The molecule has 1 aliphatic rings. The van der Waals surface area contributed by atoms with E-state index in [4.69, 9.17) is 5.73 Å². The van der Waals surface area contributed by atoms with E-state index in [1.54, 1.807) is 12.1 Å². The highest BCUT2D eigenvalue weighted by Crippen LogP contribution is 2.37. The van der Waals surface area contributed by atoms with Gasteiger partial charge in [-0.1, -0.05) is 30.3 Å². The van der Waals surface area contributed by atoms with Gasteiger partial charge in [-0.3, -0.25) is 0 Å². The van der Waals surface area contributed by atoms with Crippen molar-refractivity contribution >= 4 is 0 Å². The standard InChI is InChI=1S/C19H22FN/c1-13(21)6-10-19-17-5-3-2-4-14(17)7-8-15-12-16(20)9-11-18(15)19/h2-5,9,11-13,19H,6-8,10,21H2,1H3. The van der Waals surface area contributed by atoms with E-state index in [2.05, 4.69) is 24.3 Å². The molecule has 2 N–H and O–H groups in total. The van der Waals surface area contributed by atoms with Gasteiger partial charge in [-0.25, -0.2) is 4.39 Å². The average molecular weight is 283 g/mol. The SMILES string of the molecule is CC(N)CCC1c2ccccc2CCc2cc(F)ccc21. The number of rotatable bonds is 3. The van der Waals surface area contributed by atoms with Gasteiger partial charge in [0.1, 0.15) is 5.82 Å². The summed E-state index contributed by atoms with van der Waals surface area (Å²) < 4.78 is 13.6. The zero-order chi connectivity index (χ0) is 14.8. The maximum atomic E-state index is 13.6. The molecule has 0 spiro atoms. The third kappa shape index (κ3) is 3.01. The zero-order valence-electron chi connectivity index (χ0n) is 12.5. The Morgan fingerprint density at radius 1 is 1.10 bits per heavy atom. The third-order valence-electron chi connectivity index (χ3n) is 4.49. The maximum absolute atomic E-state index is 13.6. The van der Waals surface area contributed by atoms with Gasteiger partial charge in [-0.2, -0.15) is 0 Å². The fourth-order valence-corrected chi connectivity index (χ4v) is 3.41. The topological polar surface area (TPSA) is 26.0 Å². The number of nitrogens with two attached hydrogens (primary N) is 1. The van der Waals surface area contributed by atoms with E-state index < -0.39 is 0 Å². The quantitative estimate of drug-likeness (QED) is 0.898. The number of halogens is 1. The van der Waals surface area contributed by atoms with Crippen LogP contribution in [0.25, 0.3) is 0 Å². The first kappa shape index (κ1) is 14.3. The first-order valence-electron chi connectivity index (χ1n) is 7.77. The molecular formula is C19H22FN. The van der Waals surface area contributed by atoms with Gasteiger partial charge in [-0.05, 0) is 67.0 Å². The Morgan fingerprint density at radius 3 is 2.62 bits per heavy atom. The lowest BCUT2D eigenvalue weighted by atomic mass is 9.84. The lowest BCUT2D eigenvalue weighted by Crippen LogP contribution is -2.16. The smallest absolute Gasteiger partial charge is 0.123 e. The van der Waals surface area contributed by atoms with E-state index in [1.165, 1.54) is 16.7 Å². The van der Waals surface area contributed by atoms with Crippen LogP contribution in [0, 0.1) is 5.82 Å². The van der Waals surface area contributed by atoms with Crippen molar-refractivity contribution in [3.05, 3.63) is 70.5 Å². The highest BCUT2D eigenvalue weighted by atomic mass is 19.1. The van der Waals surface area contributed by atoms with Gasteiger partial charge in [0.25, 0.3) is 0 Å². The Hall–Kier alpha value is -1.67. The minimum Gasteiger partial charge on any atom is -0.328 e. The Morgan fingerprint density at radius 2 is 1.81 bits per heavy atom. The second-order valence-electron chi connectivity index (χ2n) is 6.15. The van der Waals surface area contributed by atoms with E-state index in [0.29, 0.717) is 5.92 Å². The van der Waals surface area contributed by atoms with E-state index >= 15 is 0 Å². The van der Waals surface area contributed by atoms with E-state index in [1.807, 2.05) is 13.0 Å². The molecular weight excluding hydrogens is 261 g/mol. The predicted molar refractivity (Wildman–Crippen MR) is 85.0 cm³/mol. The van der Waals surface area contributed by atoms with Gasteiger partial charge in [0.15, 0.2) is 0 Å². The van der Waals surface area contributed by atoms with Crippen LogP contribution in [0.4, 0.5) is 4.39 Å². The Bertz CT molecular complexity index is 633. The normalized spacial score (nSPS) is 18.5. The molecule has 2 unspecified atom stereocenters. The van der Waals surface area contributed by atoms with Gasteiger partial charge < -0.3 is 5.73 Å². The first-order chi connectivity index (χ1) is 10.1. The molecule has 21 heavy (non-hydrogen) atoms. The lowest BCUT2D eigenvalue weighted by molar-refractivity contribution is 0.581. The van der Waals surface area contributed by atoms with Gasteiger partial charge in [0, 0.05) is 12.0 Å². The van der Waals surface area contributed by atoms with Crippen molar-refractivity contribution in [2.75, 3.05) is 0 Å². The van der Waals surface area contributed by atoms with Crippen LogP contribution in [0.1, 0.15) is 47.9 Å². The van der Waals surface area contributed by atoms with Crippen LogP contribution >= 0.6 is 0 Å². The van der Waals surface area contributed by atoms with Crippen LogP contribution in [0.15, 0.2) is 42.5 Å².